The van der Waals surface area contributed by atoms with Crippen LogP contribution in [-0.4, -0.2) is 24.0 Å². The first-order valence-corrected chi connectivity index (χ1v) is 7.87. The lowest BCUT2D eigenvalue weighted by molar-refractivity contribution is -0.499. The molecule has 1 aromatic rings. The van der Waals surface area contributed by atoms with Gasteiger partial charge in [-0.1, -0.05) is 30.3 Å². The SMILES string of the molecule is CCOC(=O)CC1(C[N+](=O)[O-])CCC(c2ccccc2)CC1. The van der Waals surface area contributed by atoms with Gasteiger partial charge in [-0.15, -0.1) is 0 Å². The summed E-state index contributed by atoms with van der Waals surface area (Å²) in [5.41, 5.74) is 0.745. The minimum Gasteiger partial charge on any atom is -0.466 e. The molecule has 0 amide bonds. The Balaban J connectivity index is 2.04. The lowest BCUT2D eigenvalue weighted by Crippen LogP contribution is -2.36. The van der Waals surface area contributed by atoms with Crippen LogP contribution in [0.2, 0.25) is 0 Å². The normalized spacial score (nSPS) is 24.7. The molecular weight excluding hydrogens is 282 g/mol. The number of carbonyl (C=O) groups is 1. The number of nitrogens with zero attached hydrogens (tertiary/aromatic N) is 1. The molecule has 0 spiro atoms. The van der Waals surface area contributed by atoms with Crippen LogP contribution < -0.4 is 0 Å². The van der Waals surface area contributed by atoms with E-state index in [2.05, 4.69) is 12.1 Å². The fraction of sp³-hybridized carbons (Fsp3) is 0.588. The standard InChI is InChI=1S/C17H23NO4/c1-2-22-16(19)12-17(13-18(20)21)10-8-15(9-11-17)14-6-4-3-5-7-14/h3-7,15H,2,8-13H2,1H3. The molecule has 5 nitrogen and oxygen atoms in total. The molecule has 0 atom stereocenters. The van der Waals surface area contributed by atoms with E-state index in [-0.39, 0.29) is 23.9 Å². The van der Waals surface area contributed by atoms with Crippen molar-refractivity contribution < 1.29 is 14.5 Å². The maximum absolute atomic E-state index is 11.8. The molecule has 0 aromatic heterocycles. The Morgan fingerprint density at radius 3 is 2.50 bits per heavy atom. The zero-order valence-electron chi connectivity index (χ0n) is 13.0. The molecule has 2 rings (SSSR count). The number of nitro groups is 1. The van der Waals surface area contributed by atoms with E-state index in [4.69, 9.17) is 4.74 Å². The monoisotopic (exact) mass is 305 g/mol. The Morgan fingerprint density at radius 2 is 1.95 bits per heavy atom. The van der Waals surface area contributed by atoms with Crippen molar-refractivity contribution in [3.8, 4) is 0 Å². The average Bonchev–Trinajstić information content (AvgIpc) is 2.48. The van der Waals surface area contributed by atoms with Gasteiger partial charge in [0, 0.05) is 10.3 Å². The number of benzene rings is 1. The highest BCUT2D eigenvalue weighted by atomic mass is 16.6. The van der Waals surface area contributed by atoms with E-state index < -0.39 is 5.41 Å². The smallest absolute Gasteiger partial charge is 0.306 e. The van der Waals surface area contributed by atoms with Crippen LogP contribution in [0.5, 0.6) is 0 Å². The van der Waals surface area contributed by atoms with E-state index in [1.807, 2.05) is 18.2 Å². The lowest BCUT2D eigenvalue weighted by Gasteiger charge is -2.36. The van der Waals surface area contributed by atoms with Crippen LogP contribution in [-0.2, 0) is 9.53 Å². The highest BCUT2D eigenvalue weighted by Gasteiger charge is 2.42. The van der Waals surface area contributed by atoms with Gasteiger partial charge in [0.25, 0.3) is 0 Å². The van der Waals surface area contributed by atoms with E-state index in [1.54, 1.807) is 6.92 Å². The molecule has 0 heterocycles. The molecule has 120 valence electrons. The first kappa shape index (κ1) is 16.5. The van der Waals surface area contributed by atoms with Gasteiger partial charge in [-0.25, -0.2) is 0 Å². The summed E-state index contributed by atoms with van der Waals surface area (Å²) in [6.07, 6.45) is 3.33. The molecule has 1 fully saturated rings. The summed E-state index contributed by atoms with van der Waals surface area (Å²) in [5.74, 6) is 0.116. The zero-order chi connectivity index (χ0) is 16.0. The fourth-order valence-electron chi connectivity index (χ4n) is 3.47. The Bertz CT molecular complexity index is 507. The van der Waals surface area contributed by atoms with E-state index in [1.165, 1.54) is 5.56 Å². The third-order valence-corrected chi connectivity index (χ3v) is 4.61. The predicted octanol–water partition coefficient (Wildman–Crippen LogP) is 3.56. The molecule has 0 N–H and O–H groups in total. The first-order chi connectivity index (χ1) is 10.5. The molecule has 1 aromatic carbocycles. The van der Waals surface area contributed by atoms with Gasteiger partial charge in [0.05, 0.1) is 13.0 Å². The van der Waals surface area contributed by atoms with Crippen LogP contribution in [0.1, 0.15) is 50.5 Å². The van der Waals surface area contributed by atoms with E-state index in [9.17, 15) is 14.9 Å². The van der Waals surface area contributed by atoms with E-state index in [0.717, 1.165) is 12.8 Å². The van der Waals surface area contributed by atoms with Crippen molar-refractivity contribution in [2.75, 3.05) is 13.2 Å². The van der Waals surface area contributed by atoms with Crippen molar-refractivity contribution in [2.24, 2.45) is 5.41 Å². The summed E-state index contributed by atoms with van der Waals surface area (Å²) >= 11 is 0. The minimum absolute atomic E-state index is 0.146. The topological polar surface area (TPSA) is 69.4 Å². The second kappa shape index (κ2) is 7.38. The summed E-state index contributed by atoms with van der Waals surface area (Å²) in [7, 11) is 0. The van der Waals surface area contributed by atoms with Crippen molar-refractivity contribution in [3.05, 3.63) is 46.0 Å². The van der Waals surface area contributed by atoms with E-state index in [0.29, 0.717) is 25.4 Å². The molecule has 22 heavy (non-hydrogen) atoms. The highest BCUT2D eigenvalue weighted by Crippen LogP contribution is 2.45. The van der Waals surface area contributed by atoms with Crippen molar-refractivity contribution in [1.29, 1.82) is 0 Å². The van der Waals surface area contributed by atoms with Crippen molar-refractivity contribution >= 4 is 5.97 Å². The van der Waals surface area contributed by atoms with E-state index >= 15 is 0 Å². The second-order valence-corrected chi connectivity index (χ2v) is 6.16. The molecule has 1 saturated carbocycles. The van der Waals surface area contributed by atoms with Gasteiger partial charge in [-0.3, -0.25) is 14.9 Å². The number of carbonyl (C=O) groups excluding carboxylic acids is 1. The van der Waals surface area contributed by atoms with Crippen molar-refractivity contribution in [3.63, 3.8) is 0 Å². The average molecular weight is 305 g/mol. The number of ether oxygens (including phenoxy) is 1. The zero-order valence-corrected chi connectivity index (χ0v) is 13.0. The van der Waals surface area contributed by atoms with Gasteiger partial charge in [-0.05, 0) is 44.1 Å². The summed E-state index contributed by atoms with van der Waals surface area (Å²) in [6, 6.07) is 10.2. The summed E-state index contributed by atoms with van der Waals surface area (Å²) < 4.78 is 5.00. The Morgan fingerprint density at radius 1 is 1.32 bits per heavy atom. The Labute approximate surface area is 130 Å². The molecule has 0 aliphatic heterocycles. The van der Waals surface area contributed by atoms with Gasteiger partial charge in [0.2, 0.25) is 6.54 Å². The number of esters is 1. The van der Waals surface area contributed by atoms with Gasteiger partial charge < -0.3 is 4.74 Å². The van der Waals surface area contributed by atoms with Gasteiger partial charge in [0.1, 0.15) is 0 Å². The molecule has 0 radical (unpaired) electrons. The molecule has 0 bridgehead atoms. The maximum atomic E-state index is 11.8. The minimum atomic E-state index is -0.541. The van der Waals surface area contributed by atoms with Crippen molar-refractivity contribution in [2.45, 2.75) is 44.9 Å². The summed E-state index contributed by atoms with van der Waals surface area (Å²) in [5, 5.41) is 11.0. The van der Waals surface area contributed by atoms with Crippen molar-refractivity contribution in [1.82, 2.24) is 0 Å². The third-order valence-electron chi connectivity index (χ3n) is 4.61. The van der Waals surface area contributed by atoms with Crippen LogP contribution in [0, 0.1) is 15.5 Å². The molecule has 1 aliphatic rings. The highest BCUT2D eigenvalue weighted by molar-refractivity contribution is 5.70. The van der Waals surface area contributed by atoms with Gasteiger partial charge in [0.15, 0.2) is 0 Å². The molecule has 1 aliphatic carbocycles. The molecule has 0 unspecified atom stereocenters. The van der Waals surface area contributed by atoms with Gasteiger partial charge >= 0.3 is 5.97 Å². The Hall–Kier alpha value is -1.91. The van der Waals surface area contributed by atoms with Crippen LogP contribution in [0.25, 0.3) is 0 Å². The summed E-state index contributed by atoms with van der Waals surface area (Å²) in [6.45, 7) is 1.93. The summed E-state index contributed by atoms with van der Waals surface area (Å²) in [4.78, 5) is 22.5. The van der Waals surface area contributed by atoms with Crippen LogP contribution in [0.15, 0.2) is 30.3 Å². The van der Waals surface area contributed by atoms with Crippen LogP contribution in [0.4, 0.5) is 0 Å². The fourth-order valence-corrected chi connectivity index (χ4v) is 3.47. The first-order valence-electron chi connectivity index (χ1n) is 7.87. The third kappa shape index (κ3) is 4.29. The molecule has 0 saturated heterocycles. The van der Waals surface area contributed by atoms with Gasteiger partial charge in [-0.2, -0.15) is 0 Å². The van der Waals surface area contributed by atoms with Crippen LogP contribution >= 0.6 is 0 Å². The quantitative estimate of drug-likeness (QED) is 0.458. The maximum Gasteiger partial charge on any atom is 0.306 e. The second-order valence-electron chi connectivity index (χ2n) is 6.16. The Kier molecular flexibility index (Phi) is 5.52. The number of hydrogen-bond acceptors (Lipinski definition) is 4. The number of hydrogen-bond donors (Lipinski definition) is 0. The lowest BCUT2D eigenvalue weighted by atomic mass is 9.67. The number of rotatable bonds is 6. The molecular formula is C17H23NO4. The largest absolute Gasteiger partial charge is 0.466 e. The molecule has 5 heteroatoms. The predicted molar refractivity (Wildman–Crippen MR) is 83.2 cm³/mol. The van der Waals surface area contributed by atoms with Crippen LogP contribution in [0.3, 0.4) is 0 Å².